The first-order valence-corrected chi connectivity index (χ1v) is 7.28. The van der Waals surface area contributed by atoms with Gasteiger partial charge in [0.05, 0.1) is 0 Å². The first kappa shape index (κ1) is 14.5. The first-order chi connectivity index (χ1) is 9.20. The number of hydrogen-bond acceptors (Lipinski definition) is 2. The van der Waals surface area contributed by atoms with Crippen LogP contribution in [0.25, 0.3) is 0 Å². The Hall–Kier alpha value is -0.930. The van der Waals surface area contributed by atoms with Crippen LogP contribution < -0.4 is 5.32 Å². The van der Waals surface area contributed by atoms with E-state index < -0.39 is 0 Å². The van der Waals surface area contributed by atoms with E-state index in [1.54, 1.807) is 12.1 Å². The molecule has 0 aliphatic carbocycles. The van der Waals surface area contributed by atoms with Crippen molar-refractivity contribution in [2.45, 2.75) is 39.2 Å². The molecule has 1 N–H and O–H groups in total. The number of halogens is 1. The molecular formula is C16H24FNO. The zero-order valence-corrected chi connectivity index (χ0v) is 11.9. The minimum atomic E-state index is -0.150. The summed E-state index contributed by atoms with van der Waals surface area (Å²) >= 11 is 0. The third-order valence-electron chi connectivity index (χ3n) is 3.97. The Morgan fingerprint density at radius 3 is 2.74 bits per heavy atom. The Balaban J connectivity index is 2.09. The summed E-state index contributed by atoms with van der Waals surface area (Å²) in [7, 11) is 0. The van der Waals surface area contributed by atoms with Crippen LogP contribution in [0.1, 0.15) is 43.4 Å². The van der Waals surface area contributed by atoms with Crippen molar-refractivity contribution in [3.8, 4) is 0 Å². The van der Waals surface area contributed by atoms with Gasteiger partial charge in [0.15, 0.2) is 0 Å². The van der Waals surface area contributed by atoms with Crippen molar-refractivity contribution in [1.29, 1.82) is 0 Å². The third kappa shape index (κ3) is 4.02. The van der Waals surface area contributed by atoms with E-state index in [-0.39, 0.29) is 5.82 Å². The number of nitrogens with one attached hydrogen (secondary N) is 1. The lowest BCUT2D eigenvalue weighted by Crippen LogP contribution is -2.26. The maximum Gasteiger partial charge on any atom is 0.123 e. The van der Waals surface area contributed by atoms with Gasteiger partial charge in [0.1, 0.15) is 5.82 Å². The van der Waals surface area contributed by atoms with Gasteiger partial charge < -0.3 is 10.1 Å². The number of ether oxygens (including phenoxy) is 1. The molecular weight excluding hydrogens is 241 g/mol. The summed E-state index contributed by atoms with van der Waals surface area (Å²) in [4.78, 5) is 0. The Morgan fingerprint density at radius 1 is 1.37 bits per heavy atom. The lowest BCUT2D eigenvalue weighted by Gasteiger charge is -2.28. The zero-order valence-electron chi connectivity index (χ0n) is 11.9. The summed E-state index contributed by atoms with van der Waals surface area (Å²) in [6, 6.07) is 5.45. The molecule has 106 valence electrons. The minimum Gasteiger partial charge on any atom is -0.381 e. The predicted molar refractivity (Wildman–Crippen MR) is 75.7 cm³/mol. The van der Waals surface area contributed by atoms with E-state index >= 15 is 0 Å². The molecule has 1 heterocycles. The molecule has 1 fully saturated rings. The monoisotopic (exact) mass is 265 g/mol. The molecule has 2 rings (SSSR count). The fourth-order valence-electron chi connectivity index (χ4n) is 2.91. The van der Waals surface area contributed by atoms with Gasteiger partial charge in [-0.05, 0) is 61.9 Å². The SMILES string of the molecule is CCNC(CC1CCOCC1)c1ccc(F)cc1C. The van der Waals surface area contributed by atoms with Crippen LogP contribution in [-0.2, 0) is 4.74 Å². The molecule has 2 nitrogen and oxygen atoms in total. The van der Waals surface area contributed by atoms with E-state index in [9.17, 15) is 4.39 Å². The Bertz CT molecular complexity index is 402. The molecule has 1 aliphatic heterocycles. The van der Waals surface area contributed by atoms with Crippen molar-refractivity contribution in [2.75, 3.05) is 19.8 Å². The van der Waals surface area contributed by atoms with Crippen LogP contribution in [0.2, 0.25) is 0 Å². The van der Waals surface area contributed by atoms with Crippen molar-refractivity contribution in [3.63, 3.8) is 0 Å². The summed E-state index contributed by atoms with van der Waals surface area (Å²) in [6.07, 6.45) is 3.40. The van der Waals surface area contributed by atoms with Crippen LogP contribution in [0.15, 0.2) is 18.2 Å². The van der Waals surface area contributed by atoms with Crippen molar-refractivity contribution in [2.24, 2.45) is 5.92 Å². The van der Waals surface area contributed by atoms with Crippen LogP contribution in [-0.4, -0.2) is 19.8 Å². The summed E-state index contributed by atoms with van der Waals surface area (Å²) in [6.45, 7) is 6.81. The average Bonchev–Trinajstić information content (AvgIpc) is 2.39. The summed E-state index contributed by atoms with van der Waals surface area (Å²) in [5, 5.41) is 3.54. The zero-order chi connectivity index (χ0) is 13.7. The molecule has 0 amide bonds. The Labute approximate surface area is 115 Å². The van der Waals surface area contributed by atoms with Gasteiger partial charge in [-0.3, -0.25) is 0 Å². The third-order valence-corrected chi connectivity index (χ3v) is 3.97. The first-order valence-electron chi connectivity index (χ1n) is 7.28. The molecule has 0 saturated carbocycles. The van der Waals surface area contributed by atoms with Crippen LogP contribution in [0.4, 0.5) is 4.39 Å². The molecule has 1 unspecified atom stereocenters. The highest BCUT2D eigenvalue weighted by molar-refractivity contribution is 5.29. The maximum absolute atomic E-state index is 13.2. The molecule has 1 atom stereocenters. The topological polar surface area (TPSA) is 21.3 Å². The highest BCUT2D eigenvalue weighted by Crippen LogP contribution is 2.29. The van der Waals surface area contributed by atoms with Gasteiger partial charge in [0, 0.05) is 19.3 Å². The van der Waals surface area contributed by atoms with Gasteiger partial charge in [-0.25, -0.2) is 4.39 Å². The van der Waals surface area contributed by atoms with E-state index in [4.69, 9.17) is 4.74 Å². The van der Waals surface area contributed by atoms with Gasteiger partial charge in [0.2, 0.25) is 0 Å². The quantitative estimate of drug-likeness (QED) is 0.878. The second-order valence-electron chi connectivity index (χ2n) is 5.40. The van der Waals surface area contributed by atoms with E-state index in [1.165, 1.54) is 5.56 Å². The van der Waals surface area contributed by atoms with Crippen molar-refractivity contribution >= 4 is 0 Å². The van der Waals surface area contributed by atoms with Gasteiger partial charge in [-0.2, -0.15) is 0 Å². The molecule has 1 aromatic rings. The molecule has 1 saturated heterocycles. The van der Waals surface area contributed by atoms with Crippen LogP contribution >= 0.6 is 0 Å². The van der Waals surface area contributed by atoms with E-state index in [1.807, 2.05) is 13.0 Å². The number of aryl methyl sites for hydroxylation is 1. The van der Waals surface area contributed by atoms with E-state index in [2.05, 4.69) is 12.2 Å². The lowest BCUT2D eigenvalue weighted by molar-refractivity contribution is 0.0605. The Kier molecular flexibility index (Phi) is 5.34. The predicted octanol–water partition coefficient (Wildman–Crippen LogP) is 3.60. The second-order valence-corrected chi connectivity index (χ2v) is 5.40. The smallest absolute Gasteiger partial charge is 0.123 e. The standard InChI is InChI=1S/C16H24FNO/c1-3-18-16(11-13-6-8-19-9-7-13)15-5-4-14(17)10-12(15)2/h4-5,10,13,16,18H,3,6-9,11H2,1-2H3. The summed E-state index contributed by atoms with van der Waals surface area (Å²) < 4.78 is 18.6. The summed E-state index contributed by atoms with van der Waals surface area (Å²) in [5.74, 6) is 0.560. The highest BCUT2D eigenvalue weighted by atomic mass is 19.1. The van der Waals surface area contributed by atoms with Gasteiger partial charge in [-0.1, -0.05) is 13.0 Å². The normalized spacial score (nSPS) is 18.5. The average molecular weight is 265 g/mol. The number of hydrogen-bond donors (Lipinski definition) is 1. The second kappa shape index (κ2) is 7.01. The maximum atomic E-state index is 13.2. The van der Waals surface area contributed by atoms with Crippen LogP contribution in [0.3, 0.4) is 0 Å². The molecule has 19 heavy (non-hydrogen) atoms. The lowest BCUT2D eigenvalue weighted by atomic mass is 9.88. The number of rotatable bonds is 5. The fraction of sp³-hybridized carbons (Fsp3) is 0.625. The van der Waals surface area contributed by atoms with E-state index in [0.29, 0.717) is 12.0 Å². The molecule has 0 spiro atoms. The minimum absolute atomic E-state index is 0.150. The van der Waals surface area contributed by atoms with E-state index in [0.717, 1.165) is 44.6 Å². The molecule has 0 radical (unpaired) electrons. The van der Waals surface area contributed by atoms with Crippen LogP contribution in [0, 0.1) is 18.7 Å². The molecule has 0 bridgehead atoms. The van der Waals surface area contributed by atoms with Crippen molar-refractivity contribution < 1.29 is 9.13 Å². The number of benzene rings is 1. The molecule has 1 aliphatic rings. The van der Waals surface area contributed by atoms with Gasteiger partial charge in [-0.15, -0.1) is 0 Å². The Morgan fingerprint density at radius 2 is 2.11 bits per heavy atom. The van der Waals surface area contributed by atoms with Crippen molar-refractivity contribution in [3.05, 3.63) is 35.1 Å². The fourth-order valence-corrected chi connectivity index (χ4v) is 2.91. The largest absolute Gasteiger partial charge is 0.381 e. The van der Waals surface area contributed by atoms with Crippen LogP contribution in [0.5, 0.6) is 0 Å². The molecule has 3 heteroatoms. The van der Waals surface area contributed by atoms with Crippen molar-refractivity contribution in [1.82, 2.24) is 5.32 Å². The summed E-state index contributed by atoms with van der Waals surface area (Å²) in [5.41, 5.74) is 2.27. The van der Waals surface area contributed by atoms with Gasteiger partial charge >= 0.3 is 0 Å². The van der Waals surface area contributed by atoms with Gasteiger partial charge in [0.25, 0.3) is 0 Å². The highest BCUT2D eigenvalue weighted by Gasteiger charge is 2.21. The molecule has 0 aromatic heterocycles. The molecule has 1 aromatic carbocycles.